The normalized spacial score (nSPS) is 11.7. The molecule has 0 amide bonds. The molecule has 0 N–H and O–H groups in total. The minimum atomic E-state index is -3.96. The van der Waals surface area contributed by atoms with Crippen LogP contribution in [0.3, 0.4) is 0 Å². The summed E-state index contributed by atoms with van der Waals surface area (Å²) in [5.41, 5.74) is 0.867. The summed E-state index contributed by atoms with van der Waals surface area (Å²) >= 11 is 0. The third-order valence-electron chi connectivity index (χ3n) is 3.94. The number of benzene rings is 2. The van der Waals surface area contributed by atoms with Crippen LogP contribution in [-0.4, -0.2) is 34.8 Å². The lowest BCUT2D eigenvalue weighted by molar-refractivity contribution is -0.385. The lowest BCUT2D eigenvalue weighted by Crippen LogP contribution is -2.26. The highest BCUT2D eigenvalue weighted by atomic mass is 32.2. The number of nitrogens with zero attached hydrogens (tertiary/aromatic N) is 4. The first-order chi connectivity index (χ1) is 12.8. The predicted octanol–water partition coefficient (Wildman–Crippen LogP) is 2.77. The van der Waals surface area contributed by atoms with Gasteiger partial charge in [0.05, 0.1) is 16.4 Å². The van der Waals surface area contributed by atoms with E-state index in [4.69, 9.17) is 4.52 Å². The van der Waals surface area contributed by atoms with Crippen LogP contribution in [0.4, 0.5) is 5.69 Å². The van der Waals surface area contributed by atoms with Gasteiger partial charge < -0.3 is 4.52 Å². The number of nitro groups is 1. The van der Waals surface area contributed by atoms with Crippen molar-refractivity contribution in [2.75, 3.05) is 7.05 Å². The van der Waals surface area contributed by atoms with Gasteiger partial charge in [0.1, 0.15) is 0 Å². The Labute approximate surface area is 155 Å². The van der Waals surface area contributed by atoms with Crippen LogP contribution in [0.1, 0.15) is 11.5 Å². The SMILES string of the molecule is Cc1ccc(S(=O)(=O)N(C)Cc2nc(-c3ccccc3)no2)cc1[N+](=O)[O-]. The van der Waals surface area contributed by atoms with E-state index in [2.05, 4.69) is 10.1 Å². The van der Waals surface area contributed by atoms with E-state index in [9.17, 15) is 18.5 Å². The Morgan fingerprint density at radius 3 is 2.56 bits per heavy atom. The highest BCUT2D eigenvalue weighted by molar-refractivity contribution is 7.89. The minimum Gasteiger partial charge on any atom is -0.338 e. The molecule has 0 fully saturated rings. The zero-order valence-electron chi connectivity index (χ0n) is 14.6. The molecule has 3 rings (SSSR count). The zero-order valence-corrected chi connectivity index (χ0v) is 15.4. The number of aryl methyl sites for hydroxylation is 1. The van der Waals surface area contributed by atoms with Crippen LogP contribution < -0.4 is 0 Å². The van der Waals surface area contributed by atoms with Crippen LogP contribution in [0.15, 0.2) is 57.9 Å². The molecule has 0 saturated heterocycles. The largest absolute Gasteiger partial charge is 0.338 e. The van der Waals surface area contributed by atoms with Crippen molar-refractivity contribution in [1.82, 2.24) is 14.4 Å². The molecule has 0 unspecified atom stereocenters. The van der Waals surface area contributed by atoms with Gasteiger partial charge in [0, 0.05) is 24.2 Å². The summed E-state index contributed by atoms with van der Waals surface area (Å²) in [4.78, 5) is 14.5. The summed E-state index contributed by atoms with van der Waals surface area (Å²) in [7, 11) is -2.62. The van der Waals surface area contributed by atoms with Crippen molar-refractivity contribution in [2.45, 2.75) is 18.4 Å². The first-order valence-electron chi connectivity index (χ1n) is 7.88. The van der Waals surface area contributed by atoms with E-state index in [1.807, 2.05) is 18.2 Å². The van der Waals surface area contributed by atoms with E-state index in [1.54, 1.807) is 19.1 Å². The maximum Gasteiger partial charge on any atom is 0.273 e. The molecule has 2 aromatic carbocycles. The molecule has 140 valence electrons. The number of sulfonamides is 1. The molecule has 0 spiro atoms. The lowest BCUT2D eigenvalue weighted by atomic mass is 10.2. The fourth-order valence-electron chi connectivity index (χ4n) is 2.43. The molecular weight excluding hydrogens is 372 g/mol. The van der Waals surface area contributed by atoms with Gasteiger partial charge in [-0.2, -0.15) is 9.29 Å². The maximum absolute atomic E-state index is 12.7. The molecule has 0 bridgehead atoms. The van der Waals surface area contributed by atoms with E-state index in [-0.39, 0.29) is 23.0 Å². The highest BCUT2D eigenvalue weighted by Crippen LogP contribution is 2.25. The summed E-state index contributed by atoms with van der Waals surface area (Å²) < 4.78 is 31.6. The third kappa shape index (κ3) is 3.86. The highest BCUT2D eigenvalue weighted by Gasteiger charge is 2.26. The second kappa shape index (κ2) is 7.25. The van der Waals surface area contributed by atoms with Crippen molar-refractivity contribution in [3.05, 3.63) is 70.1 Å². The average Bonchev–Trinajstić information content (AvgIpc) is 3.11. The molecule has 27 heavy (non-hydrogen) atoms. The van der Waals surface area contributed by atoms with Gasteiger partial charge in [-0.15, -0.1) is 0 Å². The van der Waals surface area contributed by atoms with E-state index in [0.717, 1.165) is 15.9 Å². The molecule has 9 nitrogen and oxygen atoms in total. The average molecular weight is 388 g/mol. The number of rotatable bonds is 6. The Bertz CT molecular complexity index is 1080. The monoisotopic (exact) mass is 388 g/mol. The third-order valence-corrected chi connectivity index (χ3v) is 5.74. The molecule has 0 aliphatic rings. The number of hydrogen-bond donors (Lipinski definition) is 0. The molecule has 10 heteroatoms. The second-order valence-electron chi connectivity index (χ2n) is 5.84. The summed E-state index contributed by atoms with van der Waals surface area (Å²) in [6.45, 7) is 1.38. The van der Waals surface area contributed by atoms with Gasteiger partial charge in [0.2, 0.25) is 21.7 Å². The van der Waals surface area contributed by atoms with Gasteiger partial charge in [-0.3, -0.25) is 10.1 Å². The molecule has 0 radical (unpaired) electrons. The van der Waals surface area contributed by atoms with E-state index >= 15 is 0 Å². The molecule has 3 aromatic rings. The van der Waals surface area contributed by atoms with Crippen LogP contribution >= 0.6 is 0 Å². The molecule has 0 aliphatic heterocycles. The van der Waals surface area contributed by atoms with E-state index in [0.29, 0.717) is 11.4 Å². The maximum atomic E-state index is 12.7. The first-order valence-corrected chi connectivity index (χ1v) is 9.32. The van der Waals surface area contributed by atoms with Crippen LogP contribution in [0.5, 0.6) is 0 Å². The van der Waals surface area contributed by atoms with Crippen molar-refractivity contribution < 1.29 is 17.9 Å². The fraction of sp³-hybridized carbons (Fsp3) is 0.176. The Balaban J connectivity index is 1.83. The smallest absolute Gasteiger partial charge is 0.273 e. The molecule has 0 atom stereocenters. The van der Waals surface area contributed by atoms with Gasteiger partial charge in [-0.25, -0.2) is 8.42 Å². The topological polar surface area (TPSA) is 119 Å². The van der Waals surface area contributed by atoms with Crippen LogP contribution in [0.25, 0.3) is 11.4 Å². The van der Waals surface area contributed by atoms with Crippen molar-refractivity contribution in [3.63, 3.8) is 0 Å². The van der Waals surface area contributed by atoms with Crippen molar-refractivity contribution in [2.24, 2.45) is 0 Å². The summed E-state index contributed by atoms with van der Waals surface area (Å²) in [5.74, 6) is 0.462. The van der Waals surface area contributed by atoms with Gasteiger partial charge in [-0.05, 0) is 13.0 Å². The summed E-state index contributed by atoms with van der Waals surface area (Å²) in [6, 6.07) is 12.9. The van der Waals surface area contributed by atoms with Crippen molar-refractivity contribution >= 4 is 15.7 Å². The second-order valence-corrected chi connectivity index (χ2v) is 7.89. The van der Waals surface area contributed by atoms with Crippen LogP contribution in [0, 0.1) is 17.0 Å². The number of hydrogen-bond acceptors (Lipinski definition) is 7. The molecular formula is C17H16N4O5S. The Kier molecular flexibility index (Phi) is 5.02. The summed E-state index contributed by atoms with van der Waals surface area (Å²) in [5, 5.41) is 14.9. The van der Waals surface area contributed by atoms with E-state index < -0.39 is 14.9 Å². The van der Waals surface area contributed by atoms with Gasteiger partial charge in [0.15, 0.2) is 0 Å². The number of aromatic nitrogens is 2. The molecule has 1 aromatic heterocycles. The van der Waals surface area contributed by atoms with Crippen LogP contribution in [-0.2, 0) is 16.6 Å². The Morgan fingerprint density at radius 2 is 1.89 bits per heavy atom. The first kappa shape index (κ1) is 18.7. The van der Waals surface area contributed by atoms with Crippen LogP contribution in [0.2, 0.25) is 0 Å². The summed E-state index contributed by atoms with van der Waals surface area (Å²) in [6.07, 6.45) is 0. The van der Waals surface area contributed by atoms with Crippen molar-refractivity contribution in [1.29, 1.82) is 0 Å². The standard InChI is InChI=1S/C17H16N4O5S/c1-12-8-9-14(10-15(12)21(22)23)27(24,25)20(2)11-16-18-17(19-26-16)13-6-4-3-5-7-13/h3-10H,11H2,1-2H3. The molecule has 1 heterocycles. The number of nitro benzene ring substituents is 1. The minimum absolute atomic E-state index is 0.113. The molecule has 0 aliphatic carbocycles. The molecule has 0 saturated carbocycles. The quantitative estimate of drug-likeness (QED) is 0.470. The Hall–Kier alpha value is -3.11. The Morgan fingerprint density at radius 1 is 1.19 bits per heavy atom. The predicted molar refractivity (Wildman–Crippen MR) is 96.2 cm³/mol. The lowest BCUT2D eigenvalue weighted by Gasteiger charge is -2.15. The van der Waals surface area contributed by atoms with Gasteiger partial charge >= 0.3 is 0 Å². The van der Waals surface area contributed by atoms with E-state index in [1.165, 1.54) is 19.2 Å². The van der Waals surface area contributed by atoms with Crippen molar-refractivity contribution in [3.8, 4) is 11.4 Å². The van der Waals surface area contributed by atoms with Gasteiger partial charge in [-0.1, -0.05) is 41.6 Å². The zero-order chi connectivity index (χ0) is 19.6. The van der Waals surface area contributed by atoms with Gasteiger partial charge in [0.25, 0.3) is 5.69 Å². The fourth-order valence-corrected chi connectivity index (χ4v) is 3.57.